The number of nitrogens with zero attached hydrogens (tertiary/aromatic N) is 2. The largest absolute Gasteiger partial charge is 0.444 e. The van der Waals surface area contributed by atoms with Crippen molar-refractivity contribution in [3.63, 3.8) is 0 Å². The molecule has 1 heterocycles. The van der Waals surface area contributed by atoms with Crippen LogP contribution in [0.3, 0.4) is 0 Å². The summed E-state index contributed by atoms with van der Waals surface area (Å²) < 4.78 is 19.2. The average molecular weight is 405 g/mol. The van der Waals surface area contributed by atoms with Gasteiger partial charge in [-0.15, -0.1) is 0 Å². The standard InChI is InChI=1S/C23H33FN2O3/c1-22(2,3)29-21(28)25(4)16-17-9-13-26(14-10-17)20(27)23(11-6-12-23)18-7-5-8-19(24)15-18/h5,7-8,15,17H,6,9-14,16H2,1-4H3. The molecule has 1 aliphatic carbocycles. The van der Waals surface area contributed by atoms with Crippen molar-refractivity contribution in [3.05, 3.63) is 35.6 Å². The first-order valence-electron chi connectivity index (χ1n) is 10.6. The van der Waals surface area contributed by atoms with Crippen LogP contribution in [0.1, 0.15) is 58.4 Å². The summed E-state index contributed by atoms with van der Waals surface area (Å²) in [4.78, 5) is 29.1. The second kappa shape index (κ2) is 8.33. The molecule has 1 saturated heterocycles. The molecular formula is C23H33FN2O3. The van der Waals surface area contributed by atoms with Crippen molar-refractivity contribution < 1.29 is 18.7 Å². The summed E-state index contributed by atoms with van der Waals surface area (Å²) in [6, 6.07) is 6.51. The molecule has 29 heavy (non-hydrogen) atoms. The summed E-state index contributed by atoms with van der Waals surface area (Å²) in [5.74, 6) is 0.196. The van der Waals surface area contributed by atoms with E-state index in [0.29, 0.717) is 25.6 Å². The Morgan fingerprint density at radius 2 is 1.90 bits per heavy atom. The van der Waals surface area contributed by atoms with Crippen LogP contribution in [0.2, 0.25) is 0 Å². The van der Waals surface area contributed by atoms with E-state index in [-0.39, 0.29) is 17.8 Å². The fourth-order valence-electron chi connectivity index (χ4n) is 4.37. The molecule has 0 spiro atoms. The van der Waals surface area contributed by atoms with E-state index >= 15 is 0 Å². The molecule has 1 aromatic carbocycles. The van der Waals surface area contributed by atoms with Crippen molar-refractivity contribution >= 4 is 12.0 Å². The van der Waals surface area contributed by atoms with Gasteiger partial charge in [0.15, 0.2) is 0 Å². The summed E-state index contributed by atoms with van der Waals surface area (Å²) in [6.45, 7) is 7.57. The zero-order valence-electron chi connectivity index (χ0n) is 18.0. The number of hydrogen-bond acceptors (Lipinski definition) is 3. The monoisotopic (exact) mass is 404 g/mol. The molecular weight excluding hydrogens is 371 g/mol. The summed E-state index contributed by atoms with van der Waals surface area (Å²) in [5.41, 5.74) is -0.252. The molecule has 0 aromatic heterocycles. The molecule has 3 rings (SSSR count). The number of likely N-dealkylation sites (tertiary alicyclic amines) is 1. The third-order valence-electron chi connectivity index (χ3n) is 6.13. The van der Waals surface area contributed by atoms with E-state index < -0.39 is 11.0 Å². The van der Waals surface area contributed by atoms with E-state index in [1.165, 1.54) is 12.1 Å². The SMILES string of the molecule is CN(CC1CCN(C(=O)C2(c3cccc(F)c3)CCC2)CC1)C(=O)OC(C)(C)C. The summed E-state index contributed by atoms with van der Waals surface area (Å²) in [6.07, 6.45) is 3.98. The highest BCUT2D eigenvalue weighted by Crippen LogP contribution is 2.45. The Morgan fingerprint density at radius 3 is 2.41 bits per heavy atom. The molecule has 6 heteroatoms. The van der Waals surface area contributed by atoms with Crippen molar-refractivity contribution in [3.8, 4) is 0 Å². The molecule has 2 amide bonds. The maximum atomic E-state index is 13.7. The van der Waals surface area contributed by atoms with Crippen LogP contribution in [-0.2, 0) is 14.9 Å². The highest BCUT2D eigenvalue weighted by Gasteiger charge is 2.48. The van der Waals surface area contributed by atoms with Crippen LogP contribution in [0.25, 0.3) is 0 Å². The Bertz CT molecular complexity index is 747. The van der Waals surface area contributed by atoms with Gasteiger partial charge in [0.2, 0.25) is 5.91 Å². The molecule has 0 bridgehead atoms. The molecule has 2 aliphatic rings. The molecule has 2 fully saturated rings. The fraction of sp³-hybridized carbons (Fsp3) is 0.652. The minimum absolute atomic E-state index is 0.133. The van der Waals surface area contributed by atoms with Gasteiger partial charge in [-0.05, 0) is 70.1 Å². The zero-order valence-corrected chi connectivity index (χ0v) is 18.0. The van der Waals surface area contributed by atoms with Crippen molar-refractivity contribution in [2.45, 2.75) is 63.9 Å². The van der Waals surface area contributed by atoms with Gasteiger partial charge in [0.25, 0.3) is 0 Å². The lowest BCUT2D eigenvalue weighted by atomic mass is 9.63. The van der Waals surface area contributed by atoms with Crippen LogP contribution in [-0.4, -0.2) is 54.1 Å². The fourth-order valence-corrected chi connectivity index (χ4v) is 4.37. The molecule has 0 atom stereocenters. The van der Waals surface area contributed by atoms with Gasteiger partial charge in [-0.1, -0.05) is 18.6 Å². The van der Waals surface area contributed by atoms with Crippen LogP contribution in [0.5, 0.6) is 0 Å². The van der Waals surface area contributed by atoms with Crippen LogP contribution in [0.4, 0.5) is 9.18 Å². The average Bonchev–Trinajstić information content (AvgIpc) is 2.60. The van der Waals surface area contributed by atoms with Gasteiger partial charge >= 0.3 is 6.09 Å². The maximum Gasteiger partial charge on any atom is 0.410 e. The second-order valence-corrected chi connectivity index (χ2v) is 9.54. The van der Waals surface area contributed by atoms with Crippen LogP contribution >= 0.6 is 0 Å². The molecule has 1 aromatic rings. The van der Waals surface area contributed by atoms with Crippen molar-refractivity contribution in [2.24, 2.45) is 5.92 Å². The number of carbonyl (C=O) groups excluding carboxylic acids is 2. The summed E-state index contributed by atoms with van der Waals surface area (Å²) >= 11 is 0. The van der Waals surface area contributed by atoms with Gasteiger partial charge < -0.3 is 14.5 Å². The predicted octanol–water partition coefficient (Wildman–Crippen LogP) is 4.35. The zero-order chi connectivity index (χ0) is 21.2. The number of piperidine rings is 1. The number of amides is 2. The highest BCUT2D eigenvalue weighted by atomic mass is 19.1. The van der Waals surface area contributed by atoms with E-state index in [4.69, 9.17) is 4.74 Å². The van der Waals surface area contributed by atoms with Crippen LogP contribution in [0, 0.1) is 11.7 Å². The van der Waals surface area contributed by atoms with Crippen molar-refractivity contribution in [1.29, 1.82) is 0 Å². The Morgan fingerprint density at radius 1 is 1.24 bits per heavy atom. The van der Waals surface area contributed by atoms with Crippen molar-refractivity contribution in [1.82, 2.24) is 9.80 Å². The Kier molecular flexibility index (Phi) is 6.20. The Hall–Kier alpha value is -2.11. The topological polar surface area (TPSA) is 49.9 Å². The minimum atomic E-state index is -0.553. The molecule has 5 nitrogen and oxygen atoms in total. The number of hydrogen-bond donors (Lipinski definition) is 0. The normalized spacial score (nSPS) is 19.4. The van der Waals surface area contributed by atoms with Gasteiger partial charge in [0.05, 0.1) is 5.41 Å². The summed E-state index contributed by atoms with van der Waals surface area (Å²) in [7, 11) is 1.76. The molecule has 1 aliphatic heterocycles. The number of rotatable bonds is 4. The van der Waals surface area contributed by atoms with Crippen LogP contribution < -0.4 is 0 Å². The van der Waals surface area contributed by atoms with Gasteiger partial charge in [-0.2, -0.15) is 0 Å². The first-order chi connectivity index (χ1) is 13.6. The van der Waals surface area contributed by atoms with E-state index in [1.807, 2.05) is 31.7 Å². The third-order valence-corrected chi connectivity index (χ3v) is 6.13. The molecule has 0 N–H and O–H groups in total. The number of benzene rings is 1. The molecule has 0 radical (unpaired) electrons. The highest BCUT2D eigenvalue weighted by molar-refractivity contribution is 5.89. The number of halogens is 1. The first kappa shape index (κ1) is 21.6. The van der Waals surface area contributed by atoms with E-state index in [9.17, 15) is 14.0 Å². The van der Waals surface area contributed by atoms with E-state index in [0.717, 1.165) is 37.7 Å². The number of carbonyl (C=O) groups is 2. The number of ether oxygens (including phenoxy) is 1. The Balaban J connectivity index is 1.56. The summed E-state index contributed by atoms with van der Waals surface area (Å²) in [5, 5.41) is 0. The Labute approximate surface area is 173 Å². The van der Waals surface area contributed by atoms with Gasteiger partial charge in [0, 0.05) is 26.7 Å². The molecule has 0 unspecified atom stereocenters. The lowest BCUT2D eigenvalue weighted by molar-refractivity contribution is -0.142. The van der Waals surface area contributed by atoms with Crippen LogP contribution in [0.15, 0.2) is 24.3 Å². The maximum absolute atomic E-state index is 13.7. The van der Waals surface area contributed by atoms with Crippen molar-refractivity contribution in [2.75, 3.05) is 26.7 Å². The van der Waals surface area contributed by atoms with E-state index in [1.54, 1.807) is 18.0 Å². The minimum Gasteiger partial charge on any atom is -0.444 e. The predicted molar refractivity (Wildman–Crippen MR) is 110 cm³/mol. The van der Waals surface area contributed by atoms with Gasteiger partial charge in [0.1, 0.15) is 11.4 Å². The molecule has 160 valence electrons. The first-order valence-corrected chi connectivity index (χ1v) is 10.6. The quantitative estimate of drug-likeness (QED) is 0.750. The smallest absolute Gasteiger partial charge is 0.410 e. The second-order valence-electron chi connectivity index (χ2n) is 9.54. The lowest BCUT2D eigenvalue weighted by Gasteiger charge is -2.45. The lowest BCUT2D eigenvalue weighted by Crippen LogP contribution is -2.53. The van der Waals surface area contributed by atoms with E-state index in [2.05, 4.69) is 0 Å². The third kappa shape index (κ3) is 4.90. The van der Waals surface area contributed by atoms with Gasteiger partial charge in [-0.25, -0.2) is 9.18 Å². The molecule has 1 saturated carbocycles. The van der Waals surface area contributed by atoms with Gasteiger partial charge in [-0.3, -0.25) is 4.79 Å².